The lowest BCUT2D eigenvalue weighted by Crippen LogP contribution is -2.46. The van der Waals surface area contributed by atoms with Gasteiger partial charge in [-0.25, -0.2) is 0 Å². The average molecular weight is 257 g/mol. The first kappa shape index (κ1) is 15.0. The third kappa shape index (κ3) is 5.49. The SMILES string of the molecule is CC(C)(C)CCC(=O)N1CCO[C@H](CC(=O)O)C1. The Morgan fingerprint density at radius 2 is 2.06 bits per heavy atom. The van der Waals surface area contributed by atoms with Gasteiger partial charge < -0.3 is 14.7 Å². The number of carboxylic acids is 1. The van der Waals surface area contributed by atoms with Gasteiger partial charge in [0.05, 0.1) is 19.1 Å². The van der Waals surface area contributed by atoms with Crippen molar-refractivity contribution in [1.29, 1.82) is 0 Å². The van der Waals surface area contributed by atoms with E-state index in [-0.39, 0.29) is 23.8 Å². The van der Waals surface area contributed by atoms with Crippen LogP contribution in [0.25, 0.3) is 0 Å². The van der Waals surface area contributed by atoms with Gasteiger partial charge in [0.25, 0.3) is 0 Å². The van der Waals surface area contributed by atoms with Crippen LogP contribution in [-0.4, -0.2) is 47.7 Å². The number of hydrogen-bond acceptors (Lipinski definition) is 3. The summed E-state index contributed by atoms with van der Waals surface area (Å²) in [5.74, 6) is -0.785. The fourth-order valence-electron chi connectivity index (χ4n) is 1.90. The van der Waals surface area contributed by atoms with Crippen LogP contribution >= 0.6 is 0 Å². The Morgan fingerprint density at radius 1 is 1.39 bits per heavy atom. The molecule has 1 N–H and O–H groups in total. The van der Waals surface area contributed by atoms with Crippen LogP contribution < -0.4 is 0 Å². The fourth-order valence-corrected chi connectivity index (χ4v) is 1.90. The van der Waals surface area contributed by atoms with Crippen LogP contribution in [-0.2, 0) is 14.3 Å². The van der Waals surface area contributed by atoms with E-state index in [9.17, 15) is 9.59 Å². The van der Waals surface area contributed by atoms with Gasteiger partial charge >= 0.3 is 5.97 Å². The van der Waals surface area contributed by atoms with Gasteiger partial charge in [0.1, 0.15) is 0 Å². The van der Waals surface area contributed by atoms with E-state index in [0.717, 1.165) is 6.42 Å². The Labute approximate surface area is 108 Å². The van der Waals surface area contributed by atoms with Gasteiger partial charge in [-0.15, -0.1) is 0 Å². The Hall–Kier alpha value is -1.10. The predicted molar refractivity (Wildman–Crippen MR) is 67.3 cm³/mol. The van der Waals surface area contributed by atoms with Crippen molar-refractivity contribution >= 4 is 11.9 Å². The molecule has 0 aromatic heterocycles. The smallest absolute Gasteiger partial charge is 0.306 e. The molecule has 0 aromatic carbocycles. The number of ether oxygens (including phenoxy) is 1. The van der Waals surface area contributed by atoms with Crippen LogP contribution in [0.4, 0.5) is 0 Å². The van der Waals surface area contributed by atoms with Crippen molar-refractivity contribution in [2.45, 2.75) is 46.1 Å². The molecule has 104 valence electrons. The number of carbonyl (C=O) groups is 2. The topological polar surface area (TPSA) is 66.8 Å². The van der Waals surface area contributed by atoms with E-state index in [0.29, 0.717) is 26.1 Å². The first-order chi connectivity index (χ1) is 8.28. The molecule has 1 aliphatic rings. The minimum atomic E-state index is -0.885. The van der Waals surface area contributed by atoms with Gasteiger partial charge in [0.2, 0.25) is 5.91 Å². The van der Waals surface area contributed by atoms with Crippen LogP contribution in [0.2, 0.25) is 0 Å². The molecule has 0 saturated carbocycles. The van der Waals surface area contributed by atoms with Crippen molar-refractivity contribution in [1.82, 2.24) is 4.90 Å². The summed E-state index contributed by atoms with van der Waals surface area (Å²) in [5, 5.41) is 8.72. The van der Waals surface area contributed by atoms with Crippen LogP contribution in [0.1, 0.15) is 40.0 Å². The molecule has 1 amide bonds. The van der Waals surface area contributed by atoms with Gasteiger partial charge in [0, 0.05) is 19.5 Å². The molecule has 1 saturated heterocycles. The van der Waals surface area contributed by atoms with E-state index in [4.69, 9.17) is 9.84 Å². The molecule has 18 heavy (non-hydrogen) atoms. The largest absolute Gasteiger partial charge is 0.481 e. The van der Waals surface area contributed by atoms with E-state index in [2.05, 4.69) is 20.8 Å². The van der Waals surface area contributed by atoms with Gasteiger partial charge in [-0.2, -0.15) is 0 Å². The first-order valence-electron chi connectivity index (χ1n) is 6.39. The van der Waals surface area contributed by atoms with Gasteiger partial charge in [-0.1, -0.05) is 20.8 Å². The standard InChI is InChI=1S/C13H23NO4/c1-13(2,3)5-4-11(15)14-6-7-18-10(9-14)8-12(16)17/h10H,4-9H2,1-3H3,(H,16,17)/t10-/m1/s1. The number of nitrogens with zero attached hydrogens (tertiary/aromatic N) is 1. The number of carboxylic acid groups (broad SMARTS) is 1. The Morgan fingerprint density at radius 3 is 2.61 bits per heavy atom. The van der Waals surface area contributed by atoms with Gasteiger partial charge in [-0.05, 0) is 11.8 Å². The monoisotopic (exact) mass is 257 g/mol. The molecule has 1 aliphatic heterocycles. The minimum Gasteiger partial charge on any atom is -0.481 e. The quantitative estimate of drug-likeness (QED) is 0.829. The Kier molecular flexibility index (Phi) is 5.14. The zero-order valence-electron chi connectivity index (χ0n) is 11.4. The summed E-state index contributed by atoms with van der Waals surface area (Å²) in [6, 6.07) is 0. The summed E-state index contributed by atoms with van der Waals surface area (Å²) >= 11 is 0. The zero-order valence-corrected chi connectivity index (χ0v) is 11.4. The minimum absolute atomic E-state index is 0.0386. The van der Waals surface area contributed by atoms with Crippen molar-refractivity contribution in [2.24, 2.45) is 5.41 Å². The second-order valence-corrected chi connectivity index (χ2v) is 5.99. The number of rotatable bonds is 4. The molecular weight excluding hydrogens is 234 g/mol. The van der Waals surface area contributed by atoms with Gasteiger partial charge in [-0.3, -0.25) is 9.59 Å². The maximum Gasteiger partial charge on any atom is 0.306 e. The number of aliphatic carboxylic acids is 1. The highest BCUT2D eigenvalue weighted by atomic mass is 16.5. The normalized spacial score (nSPS) is 20.8. The molecule has 0 bridgehead atoms. The Bertz CT molecular complexity index is 309. The molecule has 0 aliphatic carbocycles. The lowest BCUT2D eigenvalue weighted by atomic mass is 9.90. The summed E-state index contributed by atoms with van der Waals surface area (Å²) in [5.41, 5.74) is 0.141. The first-order valence-corrected chi connectivity index (χ1v) is 6.39. The van der Waals surface area contributed by atoms with Crippen molar-refractivity contribution in [3.05, 3.63) is 0 Å². The molecule has 1 rings (SSSR count). The number of amides is 1. The van der Waals surface area contributed by atoms with E-state index >= 15 is 0 Å². The van der Waals surface area contributed by atoms with E-state index in [1.165, 1.54) is 0 Å². The summed E-state index contributed by atoms with van der Waals surface area (Å²) < 4.78 is 5.34. The maximum atomic E-state index is 12.0. The summed E-state index contributed by atoms with van der Waals surface area (Å²) in [6.07, 6.45) is 0.953. The molecular formula is C13H23NO4. The molecule has 0 radical (unpaired) electrons. The summed E-state index contributed by atoms with van der Waals surface area (Å²) in [4.78, 5) is 24.3. The average Bonchev–Trinajstić information content (AvgIpc) is 2.24. The van der Waals surface area contributed by atoms with Crippen molar-refractivity contribution < 1.29 is 19.4 Å². The predicted octanol–water partition coefficient (Wildman–Crippen LogP) is 1.51. The van der Waals surface area contributed by atoms with E-state index < -0.39 is 5.97 Å². The van der Waals surface area contributed by atoms with E-state index in [1.807, 2.05) is 0 Å². The maximum absolute atomic E-state index is 12.0. The summed E-state index contributed by atoms with van der Waals surface area (Å²) in [6.45, 7) is 7.71. The molecule has 1 atom stereocenters. The van der Waals surface area contributed by atoms with Crippen LogP contribution in [0.15, 0.2) is 0 Å². The van der Waals surface area contributed by atoms with Crippen molar-refractivity contribution in [2.75, 3.05) is 19.7 Å². The highest BCUT2D eigenvalue weighted by Gasteiger charge is 2.26. The highest BCUT2D eigenvalue weighted by molar-refractivity contribution is 5.76. The zero-order chi connectivity index (χ0) is 13.8. The van der Waals surface area contributed by atoms with Gasteiger partial charge in [0.15, 0.2) is 0 Å². The highest BCUT2D eigenvalue weighted by Crippen LogP contribution is 2.21. The molecule has 0 unspecified atom stereocenters. The molecule has 1 heterocycles. The number of hydrogen-bond donors (Lipinski definition) is 1. The van der Waals surface area contributed by atoms with E-state index in [1.54, 1.807) is 4.90 Å². The lowest BCUT2D eigenvalue weighted by Gasteiger charge is -2.33. The third-order valence-electron chi connectivity index (χ3n) is 2.98. The number of carbonyl (C=O) groups excluding carboxylic acids is 1. The summed E-state index contributed by atoms with van der Waals surface area (Å²) in [7, 11) is 0. The Balaban J connectivity index is 2.41. The lowest BCUT2D eigenvalue weighted by molar-refractivity contribution is -0.147. The second-order valence-electron chi connectivity index (χ2n) is 5.99. The second kappa shape index (κ2) is 6.18. The molecule has 0 spiro atoms. The van der Waals surface area contributed by atoms with Crippen LogP contribution in [0.5, 0.6) is 0 Å². The van der Waals surface area contributed by atoms with Crippen LogP contribution in [0.3, 0.4) is 0 Å². The third-order valence-corrected chi connectivity index (χ3v) is 2.98. The molecule has 5 nitrogen and oxygen atoms in total. The molecule has 5 heteroatoms. The fraction of sp³-hybridized carbons (Fsp3) is 0.846. The van der Waals surface area contributed by atoms with Crippen molar-refractivity contribution in [3.8, 4) is 0 Å². The van der Waals surface area contributed by atoms with Crippen LogP contribution in [0, 0.1) is 5.41 Å². The molecule has 0 aromatic rings. The molecule has 1 fully saturated rings. The van der Waals surface area contributed by atoms with Crippen molar-refractivity contribution in [3.63, 3.8) is 0 Å². The number of morpholine rings is 1.